The molecule has 1 N–H and O–H groups in total. The first-order valence-electron chi connectivity index (χ1n) is 13.9. The summed E-state index contributed by atoms with van der Waals surface area (Å²) in [7, 11) is 0. The number of rotatable bonds is 10. The number of likely N-dealkylation sites (tertiary alicyclic amines) is 1. The number of piperazine rings is 1. The zero-order valence-electron chi connectivity index (χ0n) is 23.0. The number of anilines is 2. The summed E-state index contributed by atoms with van der Waals surface area (Å²) in [5.41, 5.74) is 5.21. The lowest BCUT2D eigenvalue weighted by Crippen LogP contribution is -2.45. The van der Waals surface area contributed by atoms with Crippen LogP contribution in [0.1, 0.15) is 51.5 Å². The van der Waals surface area contributed by atoms with Gasteiger partial charge in [0.15, 0.2) is 0 Å². The molecule has 0 atom stereocenters. The number of amides is 1. The minimum Gasteiger partial charge on any atom is -0.368 e. The number of piperidine rings is 1. The maximum atomic E-state index is 12.4. The Balaban J connectivity index is 1.22. The van der Waals surface area contributed by atoms with Gasteiger partial charge in [0.1, 0.15) is 5.82 Å². The van der Waals surface area contributed by atoms with Crippen LogP contribution in [-0.4, -0.2) is 72.2 Å². The van der Waals surface area contributed by atoms with E-state index in [9.17, 15) is 4.79 Å². The molecule has 4 rings (SSSR count). The van der Waals surface area contributed by atoms with Crippen molar-refractivity contribution in [1.82, 2.24) is 14.8 Å². The van der Waals surface area contributed by atoms with E-state index >= 15 is 0 Å². The van der Waals surface area contributed by atoms with Crippen molar-refractivity contribution >= 4 is 28.6 Å². The van der Waals surface area contributed by atoms with Crippen LogP contribution in [0.15, 0.2) is 72.3 Å². The molecule has 0 aliphatic carbocycles. The van der Waals surface area contributed by atoms with Crippen LogP contribution in [0, 0.1) is 0 Å². The number of allylic oxidation sites excluding steroid dienone is 2. The highest BCUT2D eigenvalue weighted by molar-refractivity contribution is 5.99. The van der Waals surface area contributed by atoms with Gasteiger partial charge in [-0.3, -0.25) is 9.78 Å². The maximum absolute atomic E-state index is 12.4. The Kier molecular flexibility index (Phi) is 10.1. The second-order valence-corrected chi connectivity index (χ2v) is 10.3. The summed E-state index contributed by atoms with van der Waals surface area (Å²) < 4.78 is 0. The summed E-state index contributed by atoms with van der Waals surface area (Å²) in [5, 5.41) is 3.04. The molecular formula is C31H42N6O. The van der Waals surface area contributed by atoms with E-state index in [1.54, 1.807) is 0 Å². The zero-order chi connectivity index (χ0) is 26.7. The predicted octanol–water partition coefficient (Wildman–Crippen LogP) is 5.44. The smallest absolute Gasteiger partial charge is 0.224 e. The average molecular weight is 515 g/mol. The molecule has 0 bridgehead atoms. The van der Waals surface area contributed by atoms with Crippen LogP contribution in [0.4, 0.5) is 11.4 Å². The van der Waals surface area contributed by atoms with Crippen LogP contribution >= 0.6 is 0 Å². The van der Waals surface area contributed by atoms with Gasteiger partial charge in [-0.05, 0) is 94.2 Å². The third-order valence-electron chi connectivity index (χ3n) is 7.35. The number of nitrogens with zero attached hydrogens (tertiary/aromatic N) is 5. The lowest BCUT2D eigenvalue weighted by atomic mass is 10.1. The minimum absolute atomic E-state index is 0.0881. The van der Waals surface area contributed by atoms with Crippen LogP contribution < -0.4 is 10.2 Å². The fourth-order valence-corrected chi connectivity index (χ4v) is 5.17. The zero-order valence-corrected chi connectivity index (χ0v) is 23.0. The Bertz CT molecular complexity index is 1110. The van der Waals surface area contributed by atoms with Gasteiger partial charge in [0.05, 0.1) is 0 Å². The first-order valence-corrected chi connectivity index (χ1v) is 13.9. The van der Waals surface area contributed by atoms with E-state index in [0.29, 0.717) is 6.42 Å². The largest absolute Gasteiger partial charge is 0.368 e. The number of aromatic nitrogens is 1. The van der Waals surface area contributed by atoms with Crippen LogP contribution in [-0.2, 0) is 4.79 Å². The Morgan fingerprint density at radius 3 is 2.34 bits per heavy atom. The highest BCUT2D eigenvalue weighted by Gasteiger charge is 2.18. The molecule has 7 nitrogen and oxygen atoms in total. The second kappa shape index (κ2) is 13.9. The molecular weight excluding hydrogens is 472 g/mol. The molecule has 2 saturated heterocycles. The van der Waals surface area contributed by atoms with Crippen molar-refractivity contribution in [2.75, 3.05) is 56.0 Å². The van der Waals surface area contributed by atoms with Crippen molar-refractivity contribution in [3.63, 3.8) is 0 Å². The fourth-order valence-electron chi connectivity index (χ4n) is 5.17. The number of hydrogen-bond donors (Lipinski definition) is 1. The lowest BCUT2D eigenvalue weighted by Gasteiger charge is -2.37. The summed E-state index contributed by atoms with van der Waals surface area (Å²) in [4.78, 5) is 28.3. The highest BCUT2D eigenvalue weighted by atomic mass is 16.1. The molecule has 0 saturated carbocycles. The topological polar surface area (TPSA) is 64.1 Å². The van der Waals surface area contributed by atoms with E-state index in [2.05, 4.69) is 68.8 Å². The van der Waals surface area contributed by atoms with Crippen LogP contribution in [0.3, 0.4) is 0 Å². The van der Waals surface area contributed by atoms with Crippen molar-refractivity contribution in [3.8, 4) is 0 Å². The van der Waals surface area contributed by atoms with Crippen LogP contribution in [0.25, 0.3) is 5.57 Å². The van der Waals surface area contributed by atoms with Crippen LogP contribution in [0.5, 0.6) is 0 Å². The fraction of sp³-hybridized carbons (Fsp3) is 0.452. The first kappa shape index (κ1) is 27.6. The summed E-state index contributed by atoms with van der Waals surface area (Å²) in [6, 6.07) is 12.2. The SMILES string of the molecule is C=C(N=C(C)/C=C(\C)c1ccc(NC(=O)CCCN2CCCCC2)cc1)N1CCN(c2ccncc2)CC1. The van der Waals surface area contributed by atoms with Crippen molar-refractivity contribution < 1.29 is 4.79 Å². The molecule has 1 amide bonds. The third-order valence-corrected chi connectivity index (χ3v) is 7.35. The number of benzene rings is 1. The third kappa shape index (κ3) is 8.28. The van der Waals surface area contributed by atoms with Crippen molar-refractivity contribution in [2.45, 2.75) is 46.0 Å². The van der Waals surface area contributed by atoms with E-state index in [1.165, 1.54) is 38.0 Å². The molecule has 38 heavy (non-hydrogen) atoms. The van der Waals surface area contributed by atoms with Crippen LogP contribution in [0.2, 0.25) is 0 Å². The van der Waals surface area contributed by atoms with Gasteiger partial charge >= 0.3 is 0 Å². The predicted molar refractivity (Wildman–Crippen MR) is 159 cm³/mol. The summed E-state index contributed by atoms with van der Waals surface area (Å²) in [6.45, 7) is 15.4. The normalized spacial score (nSPS) is 17.4. The van der Waals surface area contributed by atoms with Crippen molar-refractivity contribution in [2.24, 2.45) is 4.99 Å². The molecule has 2 aliphatic rings. The highest BCUT2D eigenvalue weighted by Crippen LogP contribution is 2.20. The van der Waals surface area contributed by atoms with Gasteiger partial charge in [0, 0.05) is 62.1 Å². The first-order chi connectivity index (χ1) is 18.5. The Labute approximate surface area is 228 Å². The van der Waals surface area contributed by atoms with E-state index in [0.717, 1.165) is 67.5 Å². The molecule has 2 aliphatic heterocycles. The Hall–Kier alpha value is -3.45. The number of hydrogen-bond acceptors (Lipinski definition) is 6. The summed E-state index contributed by atoms with van der Waals surface area (Å²) >= 11 is 0. The Morgan fingerprint density at radius 1 is 0.974 bits per heavy atom. The van der Waals surface area contributed by atoms with Gasteiger partial charge < -0.3 is 20.0 Å². The van der Waals surface area contributed by atoms with E-state index in [4.69, 9.17) is 4.99 Å². The molecule has 1 aromatic heterocycles. The van der Waals surface area contributed by atoms with Crippen molar-refractivity contribution in [1.29, 1.82) is 0 Å². The van der Waals surface area contributed by atoms with E-state index < -0.39 is 0 Å². The molecule has 202 valence electrons. The van der Waals surface area contributed by atoms with Crippen molar-refractivity contribution in [3.05, 3.63) is 72.8 Å². The molecule has 0 unspecified atom stereocenters. The van der Waals surface area contributed by atoms with Gasteiger partial charge in [-0.2, -0.15) is 0 Å². The molecule has 2 fully saturated rings. The number of carbonyl (C=O) groups is 1. The maximum Gasteiger partial charge on any atom is 0.224 e. The minimum atomic E-state index is 0.0881. The molecule has 0 radical (unpaired) electrons. The molecule has 7 heteroatoms. The summed E-state index contributed by atoms with van der Waals surface area (Å²) in [6.07, 6.45) is 11.2. The number of carbonyl (C=O) groups excluding carboxylic acids is 1. The molecule has 2 aromatic rings. The number of nitrogens with one attached hydrogen (secondary N) is 1. The van der Waals surface area contributed by atoms with Gasteiger partial charge in [-0.15, -0.1) is 0 Å². The molecule has 1 aromatic carbocycles. The van der Waals surface area contributed by atoms with Gasteiger partial charge in [0.25, 0.3) is 0 Å². The van der Waals surface area contributed by atoms with E-state index in [1.807, 2.05) is 31.5 Å². The average Bonchev–Trinajstić information content (AvgIpc) is 2.94. The van der Waals surface area contributed by atoms with Gasteiger partial charge in [0.2, 0.25) is 5.91 Å². The monoisotopic (exact) mass is 514 g/mol. The Morgan fingerprint density at radius 2 is 1.66 bits per heavy atom. The number of pyridine rings is 1. The number of aliphatic imine (C=N–C) groups is 1. The molecule has 0 spiro atoms. The molecule has 3 heterocycles. The quantitative estimate of drug-likeness (QED) is 0.428. The lowest BCUT2D eigenvalue weighted by molar-refractivity contribution is -0.116. The standard InChI is InChI=1S/C31H42N6O/c1-25(24-26(2)33-27(3)36-20-22-37(23-21-36)30-13-15-32-16-14-30)28-9-11-29(12-10-28)34-31(38)8-7-19-35-17-5-4-6-18-35/h9-16,24H,3-8,17-23H2,1-2H3,(H,34,38)/b25-24+,33-26?. The van der Waals surface area contributed by atoms with E-state index in [-0.39, 0.29) is 5.91 Å². The second-order valence-electron chi connectivity index (χ2n) is 10.3. The summed E-state index contributed by atoms with van der Waals surface area (Å²) in [5.74, 6) is 0.893. The van der Waals surface area contributed by atoms with Gasteiger partial charge in [-0.1, -0.05) is 25.1 Å². The van der Waals surface area contributed by atoms with Gasteiger partial charge in [-0.25, -0.2) is 4.99 Å².